The lowest BCUT2D eigenvalue weighted by molar-refractivity contribution is 1.17. The summed E-state index contributed by atoms with van der Waals surface area (Å²) < 4.78 is 7.38. The first-order chi connectivity index (χ1) is 31.8. The van der Waals surface area contributed by atoms with Gasteiger partial charge < -0.3 is 13.7 Å². The highest BCUT2D eigenvalue weighted by Gasteiger charge is 2.42. The minimum Gasteiger partial charge on any atom is -0.309 e. The average Bonchev–Trinajstić information content (AvgIpc) is 4.01. The third kappa shape index (κ3) is 5.27. The van der Waals surface area contributed by atoms with Crippen molar-refractivity contribution in [3.63, 3.8) is 0 Å². The Morgan fingerprint density at radius 1 is 0.219 bits per heavy atom. The molecule has 0 saturated carbocycles. The largest absolute Gasteiger partial charge is 0.309 e. The number of aromatic nitrogens is 3. The minimum absolute atomic E-state index is 1.15. The zero-order valence-electron chi connectivity index (χ0n) is 35.0. The van der Waals surface area contributed by atoms with Crippen LogP contribution in [0.4, 0.5) is 0 Å². The van der Waals surface area contributed by atoms with Crippen LogP contribution in [0.3, 0.4) is 0 Å². The molecule has 13 aromatic rings. The van der Waals surface area contributed by atoms with Gasteiger partial charge in [-0.25, -0.2) is 0 Å². The lowest BCUT2D eigenvalue weighted by Crippen LogP contribution is -2.74. The third-order valence-corrected chi connectivity index (χ3v) is 18.3. The van der Waals surface area contributed by atoms with Crippen LogP contribution < -0.4 is 20.7 Å². The Morgan fingerprint density at radius 2 is 0.594 bits per heavy atom. The molecule has 0 amide bonds. The van der Waals surface area contributed by atoms with Crippen LogP contribution in [0.25, 0.3) is 82.5 Å². The van der Waals surface area contributed by atoms with Crippen molar-refractivity contribution in [2.75, 3.05) is 0 Å². The highest BCUT2D eigenvalue weighted by atomic mass is 28.3. The lowest BCUT2D eigenvalue weighted by Gasteiger charge is -2.35. The molecule has 0 unspecified atom stereocenters. The standard InChI is InChI=1S/C60H41N3Si/c1-5-20-42(21-6-1)61-54-34-17-14-31-51(54)59-56(61)38-39-57-60(59)52-32-15-18-35-55(52)63(57)44-24-19-29-47(40-44)64(45-25-9-3-10-26-45,46-27-11-4-12-28-46)48-36-37-50-49-30-13-16-33-53(49)62(58(50)41-48)43-22-7-2-8-23-43/h1-41H. The summed E-state index contributed by atoms with van der Waals surface area (Å²) in [4.78, 5) is 0. The molecule has 0 radical (unpaired) electrons. The molecule has 4 heteroatoms. The number of rotatable bonds is 7. The molecule has 0 N–H and O–H groups in total. The molecule has 0 atom stereocenters. The topological polar surface area (TPSA) is 14.8 Å². The van der Waals surface area contributed by atoms with Gasteiger partial charge in [0.2, 0.25) is 0 Å². The van der Waals surface area contributed by atoms with Gasteiger partial charge in [-0.15, -0.1) is 0 Å². The van der Waals surface area contributed by atoms with Crippen molar-refractivity contribution in [1.29, 1.82) is 0 Å². The Kier molecular flexibility index (Phi) is 8.23. The third-order valence-electron chi connectivity index (χ3n) is 13.6. The maximum atomic E-state index is 2.51. The van der Waals surface area contributed by atoms with E-state index in [1.165, 1.54) is 86.2 Å². The summed E-state index contributed by atoms with van der Waals surface area (Å²) in [5.41, 5.74) is 10.7. The fraction of sp³-hybridized carbons (Fsp3) is 0. The molecule has 300 valence electrons. The summed E-state index contributed by atoms with van der Waals surface area (Å²) in [5.74, 6) is 0. The predicted molar refractivity (Wildman–Crippen MR) is 273 cm³/mol. The van der Waals surface area contributed by atoms with Crippen molar-refractivity contribution < 1.29 is 0 Å². The number of nitrogens with zero attached hydrogens (tertiary/aromatic N) is 3. The van der Waals surface area contributed by atoms with Crippen LogP contribution in [-0.2, 0) is 0 Å². The number of fused-ring (bicyclic) bond motifs is 10. The predicted octanol–water partition coefficient (Wildman–Crippen LogP) is 12.4. The van der Waals surface area contributed by atoms with E-state index in [1.807, 2.05) is 0 Å². The zero-order valence-corrected chi connectivity index (χ0v) is 36.0. The van der Waals surface area contributed by atoms with E-state index in [9.17, 15) is 0 Å². The van der Waals surface area contributed by atoms with Gasteiger partial charge in [0.1, 0.15) is 0 Å². The van der Waals surface area contributed by atoms with Crippen molar-refractivity contribution in [3.05, 3.63) is 249 Å². The summed E-state index contributed by atoms with van der Waals surface area (Å²) in [5, 5.41) is 12.9. The Bertz CT molecular complexity index is 3840. The van der Waals surface area contributed by atoms with Gasteiger partial charge >= 0.3 is 0 Å². The van der Waals surface area contributed by atoms with Crippen LogP contribution >= 0.6 is 0 Å². The quantitative estimate of drug-likeness (QED) is 0.112. The fourth-order valence-corrected chi connectivity index (χ4v) is 15.7. The van der Waals surface area contributed by atoms with Crippen LogP contribution in [0.5, 0.6) is 0 Å². The van der Waals surface area contributed by atoms with Crippen molar-refractivity contribution in [3.8, 4) is 17.1 Å². The molecule has 0 aliphatic rings. The molecule has 3 nitrogen and oxygen atoms in total. The molecule has 10 aromatic carbocycles. The fourth-order valence-electron chi connectivity index (χ4n) is 11.0. The van der Waals surface area contributed by atoms with Gasteiger partial charge in [-0.1, -0.05) is 176 Å². The Morgan fingerprint density at radius 3 is 1.14 bits per heavy atom. The van der Waals surface area contributed by atoms with Gasteiger partial charge in [-0.2, -0.15) is 0 Å². The minimum atomic E-state index is -3.01. The van der Waals surface area contributed by atoms with Gasteiger partial charge in [0, 0.05) is 49.4 Å². The molecule has 0 aliphatic heterocycles. The number of hydrogen-bond acceptors (Lipinski definition) is 0. The van der Waals surface area contributed by atoms with Crippen LogP contribution in [-0.4, -0.2) is 21.8 Å². The molecule has 0 aliphatic carbocycles. The molecule has 0 fully saturated rings. The van der Waals surface area contributed by atoms with E-state index in [1.54, 1.807) is 0 Å². The molecular formula is C60H41N3Si. The highest BCUT2D eigenvalue weighted by Crippen LogP contribution is 2.42. The first-order valence-electron chi connectivity index (χ1n) is 22.1. The van der Waals surface area contributed by atoms with E-state index < -0.39 is 8.07 Å². The van der Waals surface area contributed by atoms with Crippen molar-refractivity contribution in [2.24, 2.45) is 0 Å². The van der Waals surface area contributed by atoms with Gasteiger partial charge in [-0.05, 0) is 93.5 Å². The zero-order chi connectivity index (χ0) is 42.2. The van der Waals surface area contributed by atoms with E-state index >= 15 is 0 Å². The first kappa shape index (κ1) is 36.5. The summed E-state index contributed by atoms with van der Waals surface area (Å²) in [6.07, 6.45) is 0. The first-order valence-corrected chi connectivity index (χ1v) is 24.1. The van der Waals surface area contributed by atoms with Crippen LogP contribution in [0.2, 0.25) is 0 Å². The van der Waals surface area contributed by atoms with Crippen LogP contribution in [0.15, 0.2) is 249 Å². The molecule has 3 aromatic heterocycles. The number of benzene rings is 10. The smallest absolute Gasteiger partial charge is 0.179 e. The molecule has 0 bridgehead atoms. The monoisotopic (exact) mass is 831 g/mol. The molecule has 0 saturated heterocycles. The highest BCUT2D eigenvalue weighted by molar-refractivity contribution is 7.20. The van der Waals surface area contributed by atoms with E-state index in [-0.39, 0.29) is 0 Å². The van der Waals surface area contributed by atoms with Gasteiger partial charge in [0.25, 0.3) is 0 Å². The molecule has 13 rings (SSSR count). The van der Waals surface area contributed by atoms with Gasteiger partial charge in [0.15, 0.2) is 8.07 Å². The molecule has 3 heterocycles. The maximum absolute atomic E-state index is 3.01. The molecule has 64 heavy (non-hydrogen) atoms. The van der Waals surface area contributed by atoms with E-state index in [0.29, 0.717) is 0 Å². The van der Waals surface area contributed by atoms with Crippen molar-refractivity contribution in [1.82, 2.24) is 13.7 Å². The second kappa shape index (κ2) is 14.5. The van der Waals surface area contributed by atoms with Gasteiger partial charge in [0.05, 0.1) is 33.1 Å². The lowest BCUT2D eigenvalue weighted by atomic mass is 10.1. The summed E-state index contributed by atoms with van der Waals surface area (Å²) in [7, 11) is -3.01. The summed E-state index contributed by atoms with van der Waals surface area (Å²) >= 11 is 0. The van der Waals surface area contributed by atoms with E-state index in [0.717, 1.165) is 17.1 Å². The van der Waals surface area contributed by atoms with Crippen molar-refractivity contribution in [2.45, 2.75) is 0 Å². The van der Waals surface area contributed by atoms with E-state index in [4.69, 9.17) is 0 Å². The van der Waals surface area contributed by atoms with Crippen LogP contribution in [0.1, 0.15) is 0 Å². The summed E-state index contributed by atoms with van der Waals surface area (Å²) in [6.45, 7) is 0. The second-order valence-corrected chi connectivity index (χ2v) is 20.7. The average molecular weight is 832 g/mol. The Labute approximate surface area is 372 Å². The second-order valence-electron chi connectivity index (χ2n) is 16.8. The van der Waals surface area contributed by atoms with Crippen LogP contribution in [0, 0.1) is 0 Å². The summed E-state index contributed by atoms with van der Waals surface area (Å²) in [6, 6.07) is 92.4. The Hall–Kier alpha value is -8.18. The molecule has 0 spiro atoms. The van der Waals surface area contributed by atoms with Gasteiger partial charge in [-0.3, -0.25) is 0 Å². The number of para-hydroxylation sites is 5. The normalized spacial score (nSPS) is 12.1. The molecular weight excluding hydrogens is 791 g/mol. The number of hydrogen-bond donors (Lipinski definition) is 0. The maximum Gasteiger partial charge on any atom is 0.179 e. The van der Waals surface area contributed by atoms with Crippen molar-refractivity contribution >= 4 is 94.2 Å². The van der Waals surface area contributed by atoms with E-state index in [2.05, 4.69) is 262 Å². The Balaban J connectivity index is 1.11. The SMILES string of the molecule is c1ccc(-n2c3ccccc3c3ccc([Si](c4ccccc4)(c4ccccc4)c4cccc(-n5c6ccccc6c6c7c8ccccc8n(-c8ccccc8)c7ccc65)c4)cc32)cc1.